The second-order valence-electron chi connectivity index (χ2n) is 4.44. The summed E-state index contributed by atoms with van der Waals surface area (Å²) in [4.78, 5) is 23.2. The van der Waals surface area contributed by atoms with E-state index in [-0.39, 0.29) is 12.1 Å². The number of nitrogens with zero attached hydrogens (tertiary/aromatic N) is 2. The molecule has 2 rings (SSSR count). The Kier molecular flexibility index (Phi) is 4.45. The minimum atomic E-state index is -1.29. The van der Waals surface area contributed by atoms with Gasteiger partial charge in [-0.3, -0.25) is 4.79 Å². The molecule has 0 aliphatic carbocycles. The zero-order valence-electron chi connectivity index (χ0n) is 12.5. The quantitative estimate of drug-likeness (QED) is 0.903. The number of hydrogen-bond acceptors (Lipinski definition) is 5. The topological polar surface area (TPSA) is 90.7 Å². The molecule has 1 N–H and O–H groups in total. The molecule has 7 heteroatoms. The summed E-state index contributed by atoms with van der Waals surface area (Å²) in [5.41, 5.74) is -0.0986. The molecule has 7 nitrogen and oxygen atoms in total. The Morgan fingerprint density at radius 3 is 2.55 bits per heavy atom. The van der Waals surface area contributed by atoms with Gasteiger partial charge in [-0.2, -0.15) is 5.10 Å². The third-order valence-corrected chi connectivity index (χ3v) is 3.19. The van der Waals surface area contributed by atoms with Crippen LogP contribution < -0.4 is 15.0 Å². The molecule has 0 bridgehead atoms. The van der Waals surface area contributed by atoms with Crippen LogP contribution in [0.5, 0.6) is 11.5 Å². The summed E-state index contributed by atoms with van der Waals surface area (Å²) in [6.07, 6.45) is 0. The molecule has 1 aromatic carbocycles. The maximum Gasteiger partial charge on any atom is 0.341 e. The maximum atomic E-state index is 12.0. The van der Waals surface area contributed by atoms with E-state index in [2.05, 4.69) is 5.10 Å². The summed E-state index contributed by atoms with van der Waals surface area (Å²) in [6, 6.07) is 6.33. The number of carboxylic acids is 1. The number of methoxy groups -OCH3 is 2. The summed E-state index contributed by atoms with van der Waals surface area (Å²) in [5, 5.41) is 13.4. The van der Waals surface area contributed by atoms with E-state index in [0.29, 0.717) is 22.8 Å². The van der Waals surface area contributed by atoms with Crippen LogP contribution >= 0.6 is 0 Å². The summed E-state index contributed by atoms with van der Waals surface area (Å²) in [5.74, 6) is -0.215. The number of hydrogen-bond donors (Lipinski definition) is 1. The summed E-state index contributed by atoms with van der Waals surface area (Å²) < 4.78 is 11.5. The van der Waals surface area contributed by atoms with Gasteiger partial charge < -0.3 is 14.6 Å². The molecule has 0 radical (unpaired) electrons. The Balaban J connectivity index is 2.74. The van der Waals surface area contributed by atoms with Crippen LogP contribution in [0.25, 0.3) is 11.3 Å². The Hall–Kier alpha value is -2.83. The lowest BCUT2D eigenvalue weighted by Crippen LogP contribution is -2.28. The largest absolute Gasteiger partial charge is 0.497 e. The number of carboxylic acid groups (broad SMARTS) is 1. The Labute approximate surface area is 126 Å². The highest BCUT2D eigenvalue weighted by Crippen LogP contribution is 2.32. The van der Waals surface area contributed by atoms with Gasteiger partial charge in [0.15, 0.2) is 0 Å². The maximum absolute atomic E-state index is 12.0. The normalized spacial score (nSPS) is 10.3. The van der Waals surface area contributed by atoms with E-state index in [9.17, 15) is 14.7 Å². The third-order valence-electron chi connectivity index (χ3n) is 3.19. The van der Waals surface area contributed by atoms with Gasteiger partial charge in [-0.15, -0.1) is 0 Å². The molecule has 1 aromatic heterocycles. The van der Waals surface area contributed by atoms with E-state index in [0.717, 1.165) is 4.68 Å². The predicted molar refractivity (Wildman–Crippen MR) is 79.7 cm³/mol. The van der Waals surface area contributed by atoms with Crippen molar-refractivity contribution in [3.05, 3.63) is 40.2 Å². The number of aryl methyl sites for hydroxylation is 1. The molecule has 0 aliphatic heterocycles. The van der Waals surface area contributed by atoms with Crippen LogP contribution in [-0.4, -0.2) is 35.1 Å². The first kappa shape index (κ1) is 15.6. The number of benzene rings is 1. The van der Waals surface area contributed by atoms with Gasteiger partial charge >= 0.3 is 5.97 Å². The van der Waals surface area contributed by atoms with Gasteiger partial charge in [-0.25, -0.2) is 9.48 Å². The first-order chi connectivity index (χ1) is 10.5. The molecule has 0 saturated heterocycles. The van der Waals surface area contributed by atoms with E-state index in [4.69, 9.17) is 9.47 Å². The Bertz CT molecular complexity index is 767. The van der Waals surface area contributed by atoms with Gasteiger partial charge in [0.1, 0.15) is 17.1 Å². The molecule has 0 fully saturated rings. The second kappa shape index (κ2) is 6.30. The van der Waals surface area contributed by atoms with Crippen molar-refractivity contribution in [3.8, 4) is 22.8 Å². The van der Waals surface area contributed by atoms with Crippen LogP contribution in [0.4, 0.5) is 0 Å². The lowest BCUT2D eigenvalue weighted by atomic mass is 10.1. The number of aromatic nitrogens is 2. The van der Waals surface area contributed by atoms with Gasteiger partial charge in [0.05, 0.1) is 19.9 Å². The van der Waals surface area contributed by atoms with Crippen molar-refractivity contribution >= 4 is 5.97 Å². The third kappa shape index (κ3) is 2.78. The van der Waals surface area contributed by atoms with E-state index in [1.54, 1.807) is 25.1 Å². The van der Waals surface area contributed by atoms with Gasteiger partial charge in [0.25, 0.3) is 5.56 Å². The summed E-state index contributed by atoms with van der Waals surface area (Å²) in [6.45, 7) is 1.98. The second-order valence-corrected chi connectivity index (χ2v) is 4.44. The highest BCUT2D eigenvalue weighted by molar-refractivity contribution is 5.88. The van der Waals surface area contributed by atoms with Crippen LogP contribution in [-0.2, 0) is 6.54 Å². The smallest absolute Gasteiger partial charge is 0.341 e. The average molecular weight is 304 g/mol. The van der Waals surface area contributed by atoms with E-state index >= 15 is 0 Å². The van der Waals surface area contributed by atoms with Crippen LogP contribution in [0.2, 0.25) is 0 Å². The van der Waals surface area contributed by atoms with E-state index in [1.807, 2.05) is 0 Å². The minimum absolute atomic E-state index is 0.263. The van der Waals surface area contributed by atoms with Gasteiger partial charge in [-0.05, 0) is 31.2 Å². The summed E-state index contributed by atoms with van der Waals surface area (Å²) >= 11 is 0. The minimum Gasteiger partial charge on any atom is -0.497 e. The zero-order chi connectivity index (χ0) is 16.3. The van der Waals surface area contributed by atoms with Crippen LogP contribution in [0, 0.1) is 0 Å². The first-order valence-corrected chi connectivity index (χ1v) is 6.59. The van der Waals surface area contributed by atoms with Crippen LogP contribution in [0.3, 0.4) is 0 Å². The first-order valence-electron chi connectivity index (χ1n) is 6.59. The molecule has 0 saturated carbocycles. The molecule has 0 unspecified atom stereocenters. The molecule has 0 aliphatic rings. The van der Waals surface area contributed by atoms with Crippen molar-refractivity contribution in [3.63, 3.8) is 0 Å². The van der Waals surface area contributed by atoms with Crippen molar-refractivity contribution in [1.82, 2.24) is 9.78 Å². The van der Waals surface area contributed by atoms with Crippen molar-refractivity contribution in [2.45, 2.75) is 13.5 Å². The number of carbonyl (C=O) groups is 1. The molecule has 0 amide bonds. The fraction of sp³-hybridized carbons (Fsp3) is 0.267. The molecule has 116 valence electrons. The monoisotopic (exact) mass is 304 g/mol. The fourth-order valence-electron chi connectivity index (χ4n) is 2.06. The molecule has 2 aromatic rings. The number of ether oxygens (including phenoxy) is 2. The highest BCUT2D eigenvalue weighted by atomic mass is 16.5. The van der Waals surface area contributed by atoms with Crippen molar-refractivity contribution in [2.75, 3.05) is 14.2 Å². The molecule has 22 heavy (non-hydrogen) atoms. The lowest BCUT2D eigenvalue weighted by molar-refractivity contribution is 0.0693. The zero-order valence-corrected chi connectivity index (χ0v) is 12.5. The van der Waals surface area contributed by atoms with Crippen LogP contribution in [0.15, 0.2) is 29.1 Å². The standard InChI is InChI=1S/C15H16N2O5/c1-4-17-14(18)11(15(19)20)8-12(16-17)10-7-9(21-2)5-6-13(10)22-3/h5-8H,4H2,1-3H3,(H,19,20). The molecule has 1 heterocycles. The van der Waals surface area contributed by atoms with Crippen molar-refractivity contribution in [2.24, 2.45) is 0 Å². The predicted octanol–water partition coefficient (Wildman–Crippen LogP) is 1.65. The van der Waals surface area contributed by atoms with Crippen molar-refractivity contribution < 1.29 is 19.4 Å². The lowest BCUT2D eigenvalue weighted by Gasteiger charge is -2.12. The molecule has 0 spiro atoms. The molecular weight excluding hydrogens is 288 g/mol. The SMILES string of the molecule is CCn1nc(-c2cc(OC)ccc2OC)cc(C(=O)O)c1=O. The Morgan fingerprint density at radius 1 is 1.27 bits per heavy atom. The van der Waals surface area contributed by atoms with E-state index < -0.39 is 11.5 Å². The van der Waals surface area contributed by atoms with E-state index in [1.165, 1.54) is 20.3 Å². The number of rotatable bonds is 5. The molecular formula is C15H16N2O5. The highest BCUT2D eigenvalue weighted by Gasteiger charge is 2.17. The average Bonchev–Trinajstić information content (AvgIpc) is 2.54. The van der Waals surface area contributed by atoms with Gasteiger partial charge in [0, 0.05) is 12.1 Å². The van der Waals surface area contributed by atoms with Gasteiger partial charge in [-0.1, -0.05) is 0 Å². The fourth-order valence-corrected chi connectivity index (χ4v) is 2.06. The molecule has 0 atom stereocenters. The number of aromatic carboxylic acids is 1. The van der Waals surface area contributed by atoms with Crippen LogP contribution in [0.1, 0.15) is 17.3 Å². The summed E-state index contributed by atoms with van der Waals surface area (Å²) in [7, 11) is 3.02. The van der Waals surface area contributed by atoms with Gasteiger partial charge in [0.2, 0.25) is 0 Å². The Morgan fingerprint density at radius 2 is 2.00 bits per heavy atom. The van der Waals surface area contributed by atoms with Crippen molar-refractivity contribution in [1.29, 1.82) is 0 Å².